The Labute approximate surface area is 188 Å². The molecule has 4 rings (SSSR count). The Bertz CT molecular complexity index is 1070. The minimum Gasteiger partial charge on any atom is -0.426 e. The number of amides is 2. The monoisotopic (exact) mass is 495 g/mol. The molecular formula is C21H20F7N3O3. The summed E-state index contributed by atoms with van der Waals surface area (Å²) in [4.78, 5) is 30.6. The molecule has 2 saturated heterocycles. The largest absolute Gasteiger partial charge is 0.434 e. The van der Waals surface area contributed by atoms with Gasteiger partial charge in [0.1, 0.15) is 11.5 Å². The Morgan fingerprint density at radius 2 is 1.62 bits per heavy atom. The van der Waals surface area contributed by atoms with Gasteiger partial charge in [-0.25, -0.2) is 9.18 Å². The first kappa shape index (κ1) is 24.1. The van der Waals surface area contributed by atoms with Crippen LogP contribution in [0.25, 0.3) is 10.9 Å². The van der Waals surface area contributed by atoms with Crippen molar-refractivity contribution in [3.63, 3.8) is 0 Å². The van der Waals surface area contributed by atoms with E-state index in [1.54, 1.807) is 4.90 Å². The summed E-state index contributed by atoms with van der Waals surface area (Å²) < 4.78 is 93.5. The summed E-state index contributed by atoms with van der Waals surface area (Å²) in [6.07, 6.45) is -15.9. The standard InChI is InChI=1S/C21H20F7N3O3/c22-13-2-3-14-12(10-13)11-15(29-14)16(32)31-7-1-4-19(31)5-8-30(9-6-19)18(33)34-17(20(23,24)25)21(26,27)28/h2-3,10-11,17,29H,1,4-9H2. The minimum atomic E-state index is -5.79. The first-order valence-electron chi connectivity index (χ1n) is 10.5. The molecule has 0 unspecified atom stereocenters. The number of likely N-dealkylation sites (tertiary alicyclic amines) is 2. The van der Waals surface area contributed by atoms with Crippen LogP contribution in [0.5, 0.6) is 0 Å². The smallest absolute Gasteiger partial charge is 0.426 e. The fourth-order valence-corrected chi connectivity index (χ4v) is 4.74. The number of rotatable bonds is 2. The van der Waals surface area contributed by atoms with Gasteiger partial charge < -0.3 is 19.5 Å². The second-order valence-corrected chi connectivity index (χ2v) is 8.53. The molecule has 1 spiro atoms. The van der Waals surface area contributed by atoms with Crippen LogP contribution in [0.1, 0.15) is 36.2 Å². The van der Waals surface area contributed by atoms with E-state index in [9.17, 15) is 40.3 Å². The lowest BCUT2D eigenvalue weighted by Crippen LogP contribution is -2.56. The van der Waals surface area contributed by atoms with Crippen LogP contribution in [0.2, 0.25) is 0 Å². The van der Waals surface area contributed by atoms with E-state index in [2.05, 4.69) is 9.72 Å². The van der Waals surface area contributed by atoms with Crippen LogP contribution in [0, 0.1) is 5.82 Å². The summed E-state index contributed by atoms with van der Waals surface area (Å²) in [5.41, 5.74) is 0.116. The van der Waals surface area contributed by atoms with Gasteiger partial charge in [0.15, 0.2) is 0 Å². The first-order chi connectivity index (χ1) is 15.8. The van der Waals surface area contributed by atoms with Gasteiger partial charge >= 0.3 is 18.4 Å². The number of carbonyl (C=O) groups excluding carboxylic acids is 2. The van der Waals surface area contributed by atoms with Crippen molar-refractivity contribution >= 4 is 22.9 Å². The fourth-order valence-electron chi connectivity index (χ4n) is 4.74. The van der Waals surface area contributed by atoms with Gasteiger partial charge in [-0.1, -0.05) is 0 Å². The third-order valence-electron chi connectivity index (χ3n) is 6.42. The third kappa shape index (κ3) is 4.51. The van der Waals surface area contributed by atoms with Gasteiger partial charge in [-0.05, 0) is 49.9 Å². The molecule has 2 aliphatic heterocycles. The van der Waals surface area contributed by atoms with Crippen molar-refractivity contribution in [1.29, 1.82) is 0 Å². The highest BCUT2D eigenvalue weighted by Gasteiger charge is 2.60. The summed E-state index contributed by atoms with van der Waals surface area (Å²) in [6.45, 7) is 0.0726. The topological polar surface area (TPSA) is 65.6 Å². The molecule has 34 heavy (non-hydrogen) atoms. The van der Waals surface area contributed by atoms with E-state index in [0.29, 0.717) is 30.3 Å². The number of hydrogen-bond donors (Lipinski definition) is 1. The number of aromatic amines is 1. The molecule has 0 saturated carbocycles. The van der Waals surface area contributed by atoms with Crippen LogP contribution < -0.4 is 0 Å². The molecule has 0 bridgehead atoms. The van der Waals surface area contributed by atoms with Crippen LogP contribution in [0.15, 0.2) is 24.3 Å². The molecule has 2 aromatic rings. The summed E-state index contributed by atoms with van der Waals surface area (Å²) in [7, 11) is 0. The molecule has 6 nitrogen and oxygen atoms in total. The number of carbonyl (C=O) groups is 2. The highest BCUT2D eigenvalue weighted by molar-refractivity contribution is 5.98. The number of benzene rings is 1. The van der Waals surface area contributed by atoms with Gasteiger partial charge in [0.05, 0.1) is 0 Å². The number of halogens is 7. The molecule has 1 aromatic carbocycles. The highest BCUT2D eigenvalue weighted by atomic mass is 19.4. The second-order valence-electron chi connectivity index (χ2n) is 8.53. The number of alkyl halides is 6. The average molecular weight is 495 g/mol. The zero-order valence-corrected chi connectivity index (χ0v) is 17.6. The minimum absolute atomic E-state index is 0.164. The van der Waals surface area contributed by atoms with Crippen molar-refractivity contribution < 1.29 is 45.1 Å². The normalized spacial score (nSPS) is 18.8. The van der Waals surface area contributed by atoms with Crippen LogP contribution in [-0.2, 0) is 4.74 Å². The number of aromatic nitrogens is 1. The predicted molar refractivity (Wildman–Crippen MR) is 104 cm³/mol. The SMILES string of the molecule is O=C(OC(C(F)(F)F)C(F)(F)F)N1CCC2(CCCN2C(=O)c2cc3cc(F)ccc3[nH]2)CC1. The zero-order valence-electron chi connectivity index (χ0n) is 17.6. The Balaban J connectivity index is 1.45. The van der Waals surface area contributed by atoms with Gasteiger partial charge in [-0.2, -0.15) is 26.3 Å². The van der Waals surface area contributed by atoms with Crippen molar-refractivity contribution in [2.24, 2.45) is 0 Å². The lowest BCUT2D eigenvalue weighted by Gasteiger charge is -2.44. The molecule has 2 amide bonds. The maximum atomic E-state index is 13.5. The van der Waals surface area contributed by atoms with E-state index in [1.807, 2.05) is 0 Å². The molecule has 1 aromatic heterocycles. The maximum absolute atomic E-state index is 13.5. The number of nitrogens with zero attached hydrogens (tertiary/aromatic N) is 2. The highest BCUT2D eigenvalue weighted by Crippen LogP contribution is 2.41. The number of H-pyrrole nitrogens is 1. The predicted octanol–water partition coefficient (Wildman–Crippen LogP) is 5.01. The molecule has 0 aliphatic carbocycles. The summed E-state index contributed by atoms with van der Waals surface area (Å²) >= 11 is 0. The Kier molecular flexibility index (Phi) is 5.93. The molecule has 0 radical (unpaired) electrons. The number of ether oxygens (including phenoxy) is 1. The molecule has 1 N–H and O–H groups in total. The van der Waals surface area contributed by atoms with E-state index in [0.717, 1.165) is 4.90 Å². The summed E-state index contributed by atoms with van der Waals surface area (Å²) in [5.74, 6) is -0.806. The van der Waals surface area contributed by atoms with Crippen molar-refractivity contribution in [3.8, 4) is 0 Å². The molecular weight excluding hydrogens is 475 g/mol. The number of nitrogens with one attached hydrogen (secondary N) is 1. The van der Waals surface area contributed by atoms with Crippen molar-refractivity contribution in [2.45, 2.75) is 49.7 Å². The molecule has 2 aliphatic rings. The maximum Gasteiger partial charge on any atom is 0.434 e. The summed E-state index contributed by atoms with van der Waals surface area (Å²) in [5, 5.41) is 0.512. The first-order valence-corrected chi connectivity index (χ1v) is 10.5. The van der Waals surface area contributed by atoms with E-state index in [1.165, 1.54) is 24.3 Å². The van der Waals surface area contributed by atoms with Crippen LogP contribution in [-0.4, -0.2) is 70.4 Å². The zero-order chi connectivity index (χ0) is 24.9. The quantitative estimate of drug-likeness (QED) is 0.596. The second kappa shape index (κ2) is 8.35. The van der Waals surface area contributed by atoms with Gasteiger partial charge in [-0.15, -0.1) is 0 Å². The van der Waals surface area contributed by atoms with Gasteiger partial charge in [-0.3, -0.25) is 4.79 Å². The van der Waals surface area contributed by atoms with Gasteiger partial charge in [0.25, 0.3) is 12.0 Å². The van der Waals surface area contributed by atoms with E-state index < -0.39 is 35.9 Å². The lowest BCUT2D eigenvalue weighted by atomic mass is 9.85. The van der Waals surface area contributed by atoms with Gasteiger partial charge in [0.2, 0.25) is 0 Å². The third-order valence-corrected chi connectivity index (χ3v) is 6.42. The van der Waals surface area contributed by atoms with Crippen molar-refractivity contribution in [1.82, 2.24) is 14.8 Å². The summed E-state index contributed by atoms with van der Waals surface area (Å²) in [6, 6.07) is 5.55. The molecule has 186 valence electrons. The van der Waals surface area contributed by atoms with E-state index in [-0.39, 0.29) is 37.5 Å². The molecule has 13 heteroatoms. The molecule has 0 atom stereocenters. The van der Waals surface area contributed by atoms with Crippen molar-refractivity contribution in [2.75, 3.05) is 19.6 Å². The van der Waals surface area contributed by atoms with Gasteiger partial charge in [0, 0.05) is 36.1 Å². The van der Waals surface area contributed by atoms with Crippen LogP contribution in [0.4, 0.5) is 35.5 Å². The van der Waals surface area contributed by atoms with Crippen molar-refractivity contribution in [3.05, 3.63) is 35.8 Å². The number of fused-ring (bicyclic) bond motifs is 1. The lowest BCUT2D eigenvalue weighted by molar-refractivity contribution is -0.308. The Hall–Kier alpha value is -2.99. The van der Waals surface area contributed by atoms with Crippen LogP contribution >= 0.6 is 0 Å². The Morgan fingerprint density at radius 1 is 0.971 bits per heavy atom. The fraction of sp³-hybridized carbons (Fsp3) is 0.524. The molecule has 3 heterocycles. The number of hydrogen-bond acceptors (Lipinski definition) is 3. The van der Waals surface area contributed by atoms with E-state index in [4.69, 9.17) is 0 Å². The average Bonchev–Trinajstić information content (AvgIpc) is 3.34. The van der Waals surface area contributed by atoms with Crippen LogP contribution in [0.3, 0.4) is 0 Å². The number of piperidine rings is 1. The Morgan fingerprint density at radius 3 is 2.24 bits per heavy atom. The molecule has 2 fully saturated rings. The van der Waals surface area contributed by atoms with E-state index >= 15 is 0 Å².